The van der Waals surface area contributed by atoms with Gasteiger partial charge in [0.2, 0.25) is 0 Å². The van der Waals surface area contributed by atoms with E-state index in [0.29, 0.717) is 0 Å². The van der Waals surface area contributed by atoms with Crippen LogP contribution in [0.3, 0.4) is 0 Å². The van der Waals surface area contributed by atoms with Crippen molar-refractivity contribution in [2.24, 2.45) is 0 Å². The maximum atomic E-state index is 5.29. The maximum absolute atomic E-state index is 5.29. The lowest BCUT2D eigenvalue weighted by Gasteiger charge is -2.00. The fourth-order valence-electron chi connectivity index (χ4n) is 1.65. The van der Waals surface area contributed by atoms with Crippen molar-refractivity contribution < 1.29 is 4.52 Å². The standard InChI is InChI=1S/C15H15NO/c1-3-7-14(15-10-12(2)16-17-15)11-13-8-5-4-6-9-13/h3-6,8-11H,1,7H2,2H3/b14-11+. The lowest BCUT2D eigenvalue weighted by Crippen LogP contribution is -1.80. The summed E-state index contributed by atoms with van der Waals surface area (Å²) in [5, 5.41) is 3.91. The number of rotatable bonds is 4. The highest BCUT2D eigenvalue weighted by Crippen LogP contribution is 2.22. The van der Waals surface area contributed by atoms with Crippen molar-refractivity contribution in [2.75, 3.05) is 0 Å². The Morgan fingerprint density at radius 1 is 1.35 bits per heavy atom. The van der Waals surface area contributed by atoms with Gasteiger partial charge in [0.15, 0.2) is 5.76 Å². The molecule has 0 aliphatic rings. The molecule has 0 saturated heterocycles. The first-order valence-corrected chi connectivity index (χ1v) is 5.60. The van der Waals surface area contributed by atoms with Crippen LogP contribution in [0.25, 0.3) is 11.6 Å². The lowest BCUT2D eigenvalue weighted by atomic mass is 10.1. The van der Waals surface area contributed by atoms with Gasteiger partial charge in [-0.25, -0.2) is 0 Å². The van der Waals surface area contributed by atoms with Gasteiger partial charge in [-0.05, 0) is 25.0 Å². The SMILES string of the molecule is C=CC/C(=C\c1ccccc1)c1cc(C)no1. The molecular weight excluding hydrogens is 210 g/mol. The van der Waals surface area contributed by atoms with E-state index >= 15 is 0 Å². The van der Waals surface area contributed by atoms with Gasteiger partial charge in [-0.2, -0.15) is 0 Å². The molecule has 0 spiro atoms. The van der Waals surface area contributed by atoms with Gasteiger partial charge in [0.05, 0.1) is 5.69 Å². The predicted octanol–water partition coefficient (Wildman–Crippen LogP) is 4.10. The van der Waals surface area contributed by atoms with Crippen LogP contribution in [-0.4, -0.2) is 5.16 Å². The van der Waals surface area contributed by atoms with E-state index in [1.54, 1.807) is 0 Å². The maximum Gasteiger partial charge on any atom is 0.163 e. The number of nitrogens with zero attached hydrogens (tertiary/aromatic N) is 1. The Morgan fingerprint density at radius 3 is 2.71 bits per heavy atom. The summed E-state index contributed by atoms with van der Waals surface area (Å²) in [5.41, 5.74) is 3.13. The van der Waals surface area contributed by atoms with Crippen molar-refractivity contribution in [3.63, 3.8) is 0 Å². The molecule has 2 nitrogen and oxygen atoms in total. The van der Waals surface area contributed by atoms with Crippen LogP contribution in [0.2, 0.25) is 0 Å². The summed E-state index contributed by atoms with van der Waals surface area (Å²) in [5.74, 6) is 0.811. The van der Waals surface area contributed by atoms with Gasteiger partial charge in [-0.1, -0.05) is 41.6 Å². The molecular formula is C15H15NO. The van der Waals surface area contributed by atoms with E-state index in [9.17, 15) is 0 Å². The predicted molar refractivity (Wildman–Crippen MR) is 70.4 cm³/mol. The largest absolute Gasteiger partial charge is 0.356 e. The zero-order chi connectivity index (χ0) is 12.1. The highest BCUT2D eigenvalue weighted by molar-refractivity contribution is 5.79. The number of allylic oxidation sites excluding steroid dienone is 2. The molecule has 0 aliphatic carbocycles. The van der Waals surface area contributed by atoms with Crippen LogP contribution in [0.1, 0.15) is 23.4 Å². The second-order valence-corrected chi connectivity index (χ2v) is 3.91. The first kappa shape index (κ1) is 11.4. The molecule has 17 heavy (non-hydrogen) atoms. The summed E-state index contributed by atoms with van der Waals surface area (Å²) < 4.78 is 5.29. The molecule has 1 aromatic heterocycles. The highest BCUT2D eigenvalue weighted by atomic mass is 16.5. The summed E-state index contributed by atoms with van der Waals surface area (Å²) in [6.07, 6.45) is 4.73. The molecule has 86 valence electrons. The third-order valence-corrected chi connectivity index (χ3v) is 2.45. The normalized spacial score (nSPS) is 11.5. The minimum atomic E-state index is 0.767. The van der Waals surface area contributed by atoms with E-state index in [1.807, 2.05) is 37.3 Å². The molecule has 0 unspecified atom stereocenters. The average molecular weight is 225 g/mol. The van der Waals surface area contributed by atoms with Crippen molar-refractivity contribution >= 4 is 11.6 Å². The smallest absolute Gasteiger partial charge is 0.163 e. The molecule has 0 fully saturated rings. The third kappa shape index (κ3) is 2.94. The first-order valence-electron chi connectivity index (χ1n) is 5.60. The summed E-state index contributed by atoms with van der Waals surface area (Å²) in [6, 6.07) is 12.1. The van der Waals surface area contributed by atoms with Crippen LogP contribution < -0.4 is 0 Å². The topological polar surface area (TPSA) is 26.0 Å². The Morgan fingerprint density at radius 2 is 2.12 bits per heavy atom. The highest BCUT2D eigenvalue weighted by Gasteiger charge is 2.06. The molecule has 0 atom stereocenters. The van der Waals surface area contributed by atoms with Crippen LogP contribution in [0.4, 0.5) is 0 Å². The van der Waals surface area contributed by atoms with E-state index in [4.69, 9.17) is 4.52 Å². The van der Waals surface area contributed by atoms with E-state index in [1.165, 1.54) is 0 Å². The zero-order valence-corrected chi connectivity index (χ0v) is 9.89. The van der Waals surface area contributed by atoms with Crippen molar-refractivity contribution in [3.8, 4) is 0 Å². The van der Waals surface area contributed by atoms with E-state index in [2.05, 4.69) is 29.9 Å². The molecule has 0 saturated carbocycles. The fourth-order valence-corrected chi connectivity index (χ4v) is 1.65. The van der Waals surface area contributed by atoms with Crippen LogP contribution in [0.5, 0.6) is 0 Å². The quantitative estimate of drug-likeness (QED) is 0.732. The number of aromatic nitrogens is 1. The summed E-state index contributed by atoms with van der Waals surface area (Å²) in [6.45, 7) is 5.69. The van der Waals surface area contributed by atoms with Crippen LogP contribution in [-0.2, 0) is 0 Å². The van der Waals surface area contributed by atoms with Crippen LogP contribution >= 0.6 is 0 Å². The molecule has 2 aromatic rings. The molecule has 1 aromatic carbocycles. The number of aryl methyl sites for hydroxylation is 1. The second-order valence-electron chi connectivity index (χ2n) is 3.91. The van der Waals surface area contributed by atoms with Gasteiger partial charge in [0, 0.05) is 11.6 Å². The van der Waals surface area contributed by atoms with Gasteiger partial charge >= 0.3 is 0 Å². The minimum absolute atomic E-state index is 0.767. The number of hydrogen-bond acceptors (Lipinski definition) is 2. The average Bonchev–Trinajstić information content (AvgIpc) is 2.77. The number of benzene rings is 1. The summed E-state index contributed by atoms with van der Waals surface area (Å²) in [7, 11) is 0. The molecule has 0 amide bonds. The lowest BCUT2D eigenvalue weighted by molar-refractivity contribution is 0.405. The van der Waals surface area contributed by atoms with Crippen LogP contribution in [0.15, 0.2) is 53.6 Å². The second kappa shape index (κ2) is 5.30. The van der Waals surface area contributed by atoms with Crippen molar-refractivity contribution in [3.05, 3.63) is 66.1 Å². The Kier molecular flexibility index (Phi) is 3.55. The zero-order valence-electron chi connectivity index (χ0n) is 9.89. The Bertz CT molecular complexity index is 523. The molecule has 2 rings (SSSR count). The van der Waals surface area contributed by atoms with E-state index in [-0.39, 0.29) is 0 Å². The van der Waals surface area contributed by atoms with E-state index < -0.39 is 0 Å². The van der Waals surface area contributed by atoms with Gasteiger partial charge in [0.1, 0.15) is 0 Å². The Balaban J connectivity index is 2.35. The van der Waals surface area contributed by atoms with Gasteiger partial charge < -0.3 is 4.52 Å². The fraction of sp³-hybridized carbons (Fsp3) is 0.133. The van der Waals surface area contributed by atoms with Gasteiger partial charge in [0.25, 0.3) is 0 Å². The van der Waals surface area contributed by atoms with Crippen LogP contribution in [0, 0.1) is 6.92 Å². The van der Waals surface area contributed by atoms with Crippen molar-refractivity contribution in [1.29, 1.82) is 0 Å². The first-order chi connectivity index (χ1) is 8.29. The summed E-state index contributed by atoms with van der Waals surface area (Å²) in [4.78, 5) is 0. The Hall–Kier alpha value is -2.09. The molecule has 1 heterocycles. The summed E-state index contributed by atoms with van der Waals surface area (Å²) >= 11 is 0. The van der Waals surface area contributed by atoms with Gasteiger partial charge in [-0.15, -0.1) is 6.58 Å². The third-order valence-electron chi connectivity index (χ3n) is 2.45. The Labute approximate surface area is 101 Å². The molecule has 0 radical (unpaired) electrons. The molecule has 0 N–H and O–H groups in total. The van der Waals surface area contributed by atoms with Crippen molar-refractivity contribution in [1.82, 2.24) is 5.16 Å². The number of hydrogen-bond donors (Lipinski definition) is 0. The minimum Gasteiger partial charge on any atom is -0.356 e. The molecule has 2 heteroatoms. The molecule has 0 aliphatic heterocycles. The van der Waals surface area contributed by atoms with E-state index in [0.717, 1.165) is 29.0 Å². The van der Waals surface area contributed by atoms with Gasteiger partial charge in [-0.3, -0.25) is 0 Å². The molecule has 0 bridgehead atoms. The monoisotopic (exact) mass is 225 g/mol. The van der Waals surface area contributed by atoms with Crippen molar-refractivity contribution in [2.45, 2.75) is 13.3 Å².